The maximum Gasteiger partial charge on any atom is 0.287 e. The average molecular weight is 226 g/mol. The Morgan fingerprint density at radius 3 is 2.88 bits per heavy atom. The maximum atomic E-state index is 11.5. The number of nitrogens with one attached hydrogen (secondary N) is 2. The van der Waals surface area contributed by atoms with Crippen LogP contribution in [0.5, 0.6) is 0 Å². The largest absolute Gasteiger partial charge is 0.459 e. The van der Waals surface area contributed by atoms with Crippen LogP contribution in [0, 0.1) is 0 Å². The number of hydrogen-bond acceptors (Lipinski definition) is 4. The molecule has 1 rings (SSSR count). The first-order valence-electron chi connectivity index (χ1n) is 4.88. The summed E-state index contributed by atoms with van der Waals surface area (Å²) < 4.78 is 4.87. The molecular formula is C10H14N2O4. The molecule has 88 valence electrons. The molecule has 0 spiro atoms. The molecule has 0 aliphatic carbocycles. The summed E-state index contributed by atoms with van der Waals surface area (Å²) in [5.41, 5.74) is 0. The van der Waals surface area contributed by atoms with Crippen LogP contribution in [0.1, 0.15) is 17.5 Å². The number of carbonyl (C=O) groups excluding carboxylic acids is 2. The average Bonchev–Trinajstić information content (AvgIpc) is 2.79. The highest BCUT2D eigenvalue weighted by Gasteiger charge is 2.17. The molecule has 0 saturated heterocycles. The van der Waals surface area contributed by atoms with Gasteiger partial charge in [0.2, 0.25) is 5.91 Å². The van der Waals surface area contributed by atoms with Crippen LogP contribution in [0.3, 0.4) is 0 Å². The lowest BCUT2D eigenvalue weighted by Gasteiger charge is -2.12. The number of carbonyl (C=O) groups is 2. The minimum absolute atomic E-state index is 0.134. The first-order valence-corrected chi connectivity index (χ1v) is 4.88. The fraction of sp³-hybridized carbons (Fsp3) is 0.400. The van der Waals surface area contributed by atoms with Crippen molar-refractivity contribution in [2.24, 2.45) is 0 Å². The van der Waals surface area contributed by atoms with E-state index in [-0.39, 0.29) is 24.8 Å². The van der Waals surface area contributed by atoms with E-state index in [1.165, 1.54) is 12.3 Å². The molecule has 0 fully saturated rings. The number of furan rings is 1. The maximum absolute atomic E-state index is 11.5. The van der Waals surface area contributed by atoms with Crippen molar-refractivity contribution in [2.45, 2.75) is 13.0 Å². The van der Waals surface area contributed by atoms with Crippen molar-refractivity contribution in [1.29, 1.82) is 0 Å². The number of amides is 2. The fourth-order valence-electron chi connectivity index (χ4n) is 1.07. The Labute approximate surface area is 92.6 Å². The smallest absolute Gasteiger partial charge is 0.287 e. The van der Waals surface area contributed by atoms with Crippen LogP contribution in [0.25, 0.3) is 0 Å². The highest BCUT2D eigenvalue weighted by atomic mass is 16.3. The fourth-order valence-corrected chi connectivity index (χ4v) is 1.07. The minimum Gasteiger partial charge on any atom is -0.459 e. The lowest BCUT2D eigenvalue weighted by Crippen LogP contribution is -2.45. The van der Waals surface area contributed by atoms with E-state index >= 15 is 0 Å². The van der Waals surface area contributed by atoms with Crippen molar-refractivity contribution >= 4 is 11.8 Å². The van der Waals surface area contributed by atoms with Gasteiger partial charge in [-0.1, -0.05) is 0 Å². The lowest BCUT2D eigenvalue weighted by molar-refractivity contribution is -0.122. The van der Waals surface area contributed by atoms with Gasteiger partial charge < -0.3 is 20.2 Å². The van der Waals surface area contributed by atoms with Gasteiger partial charge in [0.15, 0.2) is 5.76 Å². The molecule has 0 aliphatic heterocycles. The summed E-state index contributed by atoms with van der Waals surface area (Å²) in [7, 11) is 0. The van der Waals surface area contributed by atoms with Gasteiger partial charge in [-0.2, -0.15) is 0 Å². The van der Waals surface area contributed by atoms with Crippen molar-refractivity contribution < 1.29 is 19.1 Å². The van der Waals surface area contributed by atoms with E-state index in [0.717, 1.165) is 0 Å². The zero-order valence-electron chi connectivity index (χ0n) is 8.90. The standard InChI is InChI=1S/C10H14N2O4/c1-7(9(14)11-4-5-13)12-10(15)8-3-2-6-16-8/h2-3,6-7,13H,4-5H2,1H3,(H,11,14)(H,12,15). The molecule has 6 nitrogen and oxygen atoms in total. The Morgan fingerprint density at radius 2 is 2.31 bits per heavy atom. The van der Waals surface area contributed by atoms with Crippen molar-refractivity contribution in [1.82, 2.24) is 10.6 Å². The third-order valence-electron chi connectivity index (χ3n) is 1.90. The summed E-state index contributed by atoms with van der Waals surface area (Å²) in [6.45, 7) is 1.58. The number of hydrogen-bond donors (Lipinski definition) is 3. The molecule has 1 aromatic rings. The molecular weight excluding hydrogens is 212 g/mol. The van der Waals surface area contributed by atoms with Crippen LogP contribution in [-0.2, 0) is 4.79 Å². The third kappa shape index (κ3) is 3.39. The van der Waals surface area contributed by atoms with Crippen LogP contribution in [0.2, 0.25) is 0 Å². The zero-order valence-corrected chi connectivity index (χ0v) is 8.90. The van der Waals surface area contributed by atoms with Gasteiger partial charge in [-0.05, 0) is 19.1 Å². The molecule has 0 bridgehead atoms. The van der Waals surface area contributed by atoms with Gasteiger partial charge in [-0.3, -0.25) is 9.59 Å². The summed E-state index contributed by atoms with van der Waals surface area (Å²) in [5.74, 6) is -0.646. The van der Waals surface area contributed by atoms with Crippen LogP contribution >= 0.6 is 0 Å². The van der Waals surface area contributed by atoms with Crippen molar-refractivity contribution in [3.8, 4) is 0 Å². The first-order chi connectivity index (χ1) is 7.65. The second kappa shape index (κ2) is 5.92. The first kappa shape index (κ1) is 12.3. The van der Waals surface area contributed by atoms with Gasteiger partial charge in [-0.15, -0.1) is 0 Å². The molecule has 2 amide bonds. The van der Waals surface area contributed by atoms with E-state index in [4.69, 9.17) is 9.52 Å². The normalized spacial score (nSPS) is 11.9. The van der Waals surface area contributed by atoms with Gasteiger partial charge in [0.1, 0.15) is 6.04 Å². The molecule has 1 atom stereocenters. The Balaban J connectivity index is 2.42. The summed E-state index contributed by atoms with van der Waals surface area (Å²) in [5, 5.41) is 13.4. The zero-order chi connectivity index (χ0) is 12.0. The van der Waals surface area contributed by atoms with E-state index in [9.17, 15) is 9.59 Å². The topological polar surface area (TPSA) is 91.6 Å². The van der Waals surface area contributed by atoms with Crippen molar-refractivity contribution in [3.63, 3.8) is 0 Å². The minimum atomic E-state index is -0.677. The Hall–Kier alpha value is -1.82. The van der Waals surface area contributed by atoms with Crippen LogP contribution in [-0.4, -0.2) is 36.1 Å². The predicted octanol–water partition coefficient (Wildman–Crippen LogP) is -0.494. The molecule has 1 unspecified atom stereocenters. The van der Waals surface area contributed by atoms with E-state index in [1.54, 1.807) is 13.0 Å². The third-order valence-corrected chi connectivity index (χ3v) is 1.90. The van der Waals surface area contributed by atoms with Gasteiger partial charge in [0.25, 0.3) is 5.91 Å². The number of aliphatic hydroxyl groups is 1. The molecule has 0 radical (unpaired) electrons. The summed E-state index contributed by atoms with van der Waals surface area (Å²) in [4.78, 5) is 22.8. The summed E-state index contributed by atoms with van der Waals surface area (Å²) in [6.07, 6.45) is 1.38. The second-order valence-electron chi connectivity index (χ2n) is 3.19. The van der Waals surface area contributed by atoms with E-state index in [0.29, 0.717) is 0 Å². The molecule has 3 N–H and O–H groups in total. The van der Waals surface area contributed by atoms with Crippen molar-refractivity contribution in [2.75, 3.05) is 13.2 Å². The summed E-state index contributed by atoms with van der Waals surface area (Å²) >= 11 is 0. The molecule has 6 heteroatoms. The van der Waals surface area contributed by atoms with Crippen LogP contribution in [0.4, 0.5) is 0 Å². The molecule has 0 saturated carbocycles. The van der Waals surface area contributed by atoms with E-state index < -0.39 is 11.9 Å². The Morgan fingerprint density at radius 1 is 1.56 bits per heavy atom. The SMILES string of the molecule is CC(NC(=O)c1ccco1)C(=O)NCCO. The van der Waals surface area contributed by atoms with Crippen LogP contribution < -0.4 is 10.6 Å². The highest BCUT2D eigenvalue weighted by Crippen LogP contribution is 1.99. The number of rotatable bonds is 5. The van der Waals surface area contributed by atoms with Gasteiger partial charge in [-0.25, -0.2) is 0 Å². The van der Waals surface area contributed by atoms with Crippen molar-refractivity contribution in [3.05, 3.63) is 24.2 Å². The monoisotopic (exact) mass is 226 g/mol. The molecule has 1 aromatic heterocycles. The summed E-state index contributed by atoms with van der Waals surface area (Å²) in [6, 6.07) is 2.42. The van der Waals surface area contributed by atoms with E-state index in [1.807, 2.05) is 0 Å². The highest BCUT2D eigenvalue weighted by molar-refractivity contribution is 5.95. The Kier molecular flexibility index (Phi) is 4.53. The quantitative estimate of drug-likeness (QED) is 0.631. The van der Waals surface area contributed by atoms with Gasteiger partial charge in [0, 0.05) is 6.54 Å². The predicted molar refractivity (Wildman–Crippen MR) is 55.7 cm³/mol. The number of aliphatic hydroxyl groups excluding tert-OH is 1. The lowest BCUT2D eigenvalue weighted by atomic mass is 10.3. The van der Waals surface area contributed by atoms with Gasteiger partial charge in [0.05, 0.1) is 12.9 Å². The molecule has 16 heavy (non-hydrogen) atoms. The molecule has 1 heterocycles. The molecule has 0 aromatic carbocycles. The van der Waals surface area contributed by atoms with E-state index in [2.05, 4.69) is 10.6 Å². The molecule has 0 aliphatic rings. The van der Waals surface area contributed by atoms with Gasteiger partial charge >= 0.3 is 0 Å². The van der Waals surface area contributed by atoms with Crippen LogP contribution in [0.15, 0.2) is 22.8 Å². The second-order valence-corrected chi connectivity index (χ2v) is 3.19. The Bertz CT molecular complexity index is 348.